The summed E-state index contributed by atoms with van der Waals surface area (Å²) in [6.45, 7) is 6.54. The number of rotatable bonds is 2. The molecular weight excluding hydrogens is 365 g/mol. The Morgan fingerprint density at radius 3 is 2.07 bits per heavy atom. The molecule has 2 rings (SSSR count). The maximum Gasteiger partial charge on any atom is 0.416 e. The van der Waals surface area contributed by atoms with Gasteiger partial charge in [0.25, 0.3) is 0 Å². The van der Waals surface area contributed by atoms with Gasteiger partial charge in [-0.2, -0.15) is 13.2 Å². The summed E-state index contributed by atoms with van der Waals surface area (Å²) in [5.74, 6) is -0.838. The number of piperazine rings is 1. The lowest BCUT2D eigenvalue weighted by molar-refractivity contribution is -0.137. The van der Waals surface area contributed by atoms with Crippen LogP contribution in [0.25, 0.3) is 0 Å². The van der Waals surface area contributed by atoms with Gasteiger partial charge in [0.05, 0.1) is 18.2 Å². The second-order valence-corrected chi connectivity index (χ2v) is 7.21. The molecule has 0 aromatic heterocycles. The van der Waals surface area contributed by atoms with Crippen molar-refractivity contribution in [1.82, 2.24) is 4.90 Å². The third kappa shape index (κ3) is 5.51. The van der Waals surface area contributed by atoms with Gasteiger partial charge in [0.2, 0.25) is 0 Å². The largest absolute Gasteiger partial charge is 0.465 e. The number of esters is 1. The maximum absolute atomic E-state index is 13.2. The van der Waals surface area contributed by atoms with E-state index in [2.05, 4.69) is 4.74 Å². The topological polar surface area (TPSA) is 59.1 Å². The number of nitrogens with zero attached hydrogens (tertiary/aromatic N) is 2. The van der Waals surface area contributed by atoms with Crippen molar-refractivity contribution in [1.29, 1.82) is 0 Å². The van der Waals surface area contributed by atoms with E-state index in [4.69, 9.17) is 4.74 Å². The first-order valence-corrected chi connectivity index (χ1v) is 8.44. The molecule has 1 saturated heterocycles. The summed E-state index contributed by atoms with van der Waals surface area (Å²) in [6, 6.07) is 3.13. The predicted molar refractivity (Wildman–Crippen MR) is 92.8 cm³/mol. The van der Waals surface area contributed by atoms with Gasteiger partial charge >= 0.3 is 18.2 Å². The Morgan fingerprint density at radius 2 is 1.59 bits per heavy atom. The van der Waals surface area contributed by atoms with Gasteiger partial charge in [-0.15, -0.1) is 0 Å². The van der Waals surface area contributed by atoms with Crippen molar-refractivity contribution in [2.45, 2.75) is 32.5 Å². The fourth-order valence-corrected chi connectivity index (χ4v) is 2.67. The molecule has 0 N–H and O–H groups in total. The molecular formula is C18H23F3N2O4. The highest BCUT2D eigenvalue weighted by Gasteiger charge is 2.33. The van der Waals surface area contributed by atoms with E-state index in [1.54, 1.807) is 25.7 Å². The van der Waals surface area contributed by atoms with Crippen LogP contribution in [0.4, 0.5) is 23.7 Å². The predicted octanol–water partition coefficient (Wildman–Crippen LogP) is 3.55. The molecule has 0 atom stereocenters. The monoisotopic (exact) mass is 388 g/mol. The number of ether oxygens (including phenoxy) is 2. The van der Waals surface area contributed by atoms with Gasteiger partial charge < -0.3 is 19.3 Å². The van der Waals surface area contributed by atoms with Gasteiger partial charge in [-0.1, -0.05) is 0 Å². The molecule has 1 aromatic rings. The molecule has 0 radical (unpaired) electrons. The Kier molecular flexibility index (Phi) is 5.91. The van der Waals surface area contributed by atoms with Crippen molar-refractivity contribution in [3.05, 3.63) is 29.3 Å². The van der Waals surface area contributed by atoms with Gasteiger partial charge in [0, 0.05) is 31.9 Å². The second kappa shape index (κ2) is 7.66. The number of anilines is 1. The average molecular weight is 388 g/mol. The van der Waals surface area contributed by atoms with Crippen LogP contribution >= 0.6 is 0 Å². The minimum atomic E-state index is -4.59. The first-order valence-electron chi connectivity index (χ1n) is 8.44. The average Bonchev–Trinajstić information content (AvgIpc) is 2.58. The quantitative estimate of drug-likeness (QED) is 0.726. The van der Waals surface area contributed by atoms with E-state index in [9.17, 15) is 22.8 Å². The molecule has 27 heavy (non-hydrogen) atoms. The minimum absolute atomic E-state index is 0.170. The van der Waals surface area contributed by atoms with Gasteiger partial charge in [-0.05, 0) is 39.0 Å². The SMILES string of the molecule is COC(=O)c1cc(N2CCN(C(=O)OC(C)(C)C)CC2)cc(C(F)(F)F)c1. The highest BCUT2D eigenvalue weighted by atomic mass is 19.4. The molecule has 150 valence electrons. The van der Waals surface area contributed by atoms with Crippen LogP contribution in [0, 0.1) is 0 Å². The van der Waals surface area contributed by atoms with Gasteiger partial charge in [-0.25, -0.2) is 9.59 Å². The standard InChI is InChI=1S/C18H23F3N2O4/c1-17(2,3)27-16(25)23-7-5-22(6-8-23)14-10-12(15(24)26-4)9-13(11-14)18(19,20)21/h9-11H,5-8H2,1-4H3. The third-order valence-electron chi connectivity index (χ3n) is 3.96. The molecule has 0 aliphatic carbocycles. The van der Waals surface area contributed by atoms with E-state index >= 15 is 0 Å². The number of halogens is 3. The van der Waals surface area contributed by atoms with Crippen LogP contribution in [0.3, 0.4) is 0 Å². The number of alkyl halides is 3. The Balaban J connectivity index is 2.17. The van der Waals surface area contributed by atoms with Gasteiger partial charge in [0.1, 0.15) is 5.60 Å². The summed E-state index contributed by atoms with van der Waals surface area (Å²) in [5, 5.41) is 0. The number of hydrogen-bond donors (Lipinski definition) is 0. The van der Waals surface area contributed by atoms with Crippen molar-refractivity contribution < 1.29 is 32.2 Å². The Labute approximate surface area is 155 Å². The van der Waals surface area contributed by atoms with Crippen LogP contribution in [-0.2, 0) is 15.7 Å². The minimum Gasteiger partial charge on any atom is -0.465 e. The Bertz CT molecular complexity index is 706. The fraction of sp³-hybridized carbons (Fsp3) is 0.556. The molecule has 1 aliphatic heterocycles. The van der Waals surface area contributed by atoms with Crippen molar-refractivity contribution >= 4 is 17.7 Å². The van der Waals surface area contributed by atoms with E-state index < -0.39 is 29.4 Å². The molecule has 0 unspecified atom stereocenters. The van der Waals surface area contributed by atoms with E-state index in [-0.39, 0.29) is 11.3 Å². The molecule has 1 fully saturated rings. The van der Waals surface area contributed by atoms with Crippen LogP contribution in [0.2, 0.25) is 0 Å². The van der Waals surface area contributed by atoms with E-state index in [0.29, 0.717) is 26.2 Å². The summed E-state index contributed by atoms with van der Waals surface area (Å²) in [4.78, 5) is 27.0. The zero-order valence-electron chi connectivity index (χ0n) is 15.7. The summed E-state index contributed by atoms with van der Waals surface area (Å²) < 4.78 is 49.4. The van der Waals surface area contributed by atoms with Crippen molar-refractivity contribution in [2.75, 3.05) is 38.2 Å². The number of amides is 1. The lowest BCUT2D eigenvalue weighted by Crippen LogP contribution is -2.50. The summed E-state index contributed by atoms with van der Waals surface area (Å²) in [6.07, 6.45) is -5.04. The zero-order valence-corrected chi connectivity index (χ0v) is 15.7. The molecule has 0 bridgehead atoms. The number of carbonyl (C=O) groups excluding carboxylic acids is 2. The van der Waals surface area contributed by atoms with Crippen molar-refractivity contribution in [3.8, 4) is 0 Å². The molecule has 9 heteroatoms. The summed E-state index contributed by atoms with van der Waals surface area (Å²) >= 11 is 0. The van der Waals surface area contributed by atoms with Crippen LogP contribution in [-0.4, -0.2) is 55.9 Å². The zero-order chi connectivity index (χ0) is 20.4. The van der Waals surface area contributed by atoms with Gasteiger partial charge in [-0.3, -0.25) is 0 Å². The second-order valence-electron chi connectivity index (χ2n) is 7.21. The maximum atomic E-state index is 13.2. The summed E-state index contributed by atoms with van der Waals surface area (Å²) in [5.41, 5.74) is -1.45. The lowest BCUT2D eigenvalue weighted by Gasteiger charge is -2.37. The number of methoxy groups -OCH3 is 1. The number of hydrogen-bond acceptors (Lipinski definition) is 5. The van der Waals surface area contributed by atoms with Crippen molar-refractivity contribution in [2.24, 2.45) is 0 Å². The first kappa shape index (κ1) is 20.9. The molecule has 1 aromatic carbocycles. The van der Waals surface area contributed by atoms with Crippen LogP contribution in [0.1, 0.15) is 36.7 Å². The smallest absolute Gasteiger partial charge is 0.416 e. The molecule has 6 nitrogen and oxygen atoms in total. The molecule has 0 spiro atoms. The lowest BCUT2D eigenvalue weighted by atomic mass is 10.1. The van der Waals surface area contributed by atoms with E-state index in [1.807, 2.05) is 0 Å². The van der Waals surface area contributed by atoms with E-state index in [1.165, 1.54) is 11.0 Å². The van der Waals surface area contributed by atoms with Crippen molar-refractivity contribution in [3.63, 3.8) is 0 Å². The molecule has 1 aliphatic rings. The fourth-order valence-electron chi connectivity index (χ4n) is 2.67. The summed E-state index contributed by atoms with van der Waals surface area (Å²) in [7, 11) is 1.11. The van der Waals surface area contributed by atoms with Gasteiger partial charge in [0.15, 0.2) is 0 Å². The molecule has 0 saturated carbocycles. The molecule has 1 heterocycles. The first-order chi connectivity index (χ1) is 12.4. The van der Waals surface area contributed by atoms with Crippen LogP contribution < -0.4 is 4.90 Å². The highest BCUT2D eigenvalue weighted by molar-refractivity contribution is 5.91. The Hall–Kier alpha value is -2.45. The number of carbonyl (C=O) groups is 2. The third-order valence-corrected chi connectivity index (χ3v) is 3.96. The highest BCUT2D eigenvalue weighted by Crippen LogP contribution is 2.33. The van der Waals surface area contributed by atoms with E-state index in [0.717, 1.165) is 19.2 Å². The Morgan fingerprint density at radius 1 is 1.00 bits per heavy atom. The molecule has 1 amide bonds. The van der Waals surface area contributed by atoms with Crippen LogP contribution in [0.15, 0.2) is 18.2 Å². The number of benzene rings is 1. The normalized spacial score (nSPS) is 15.5. The van der Waals surface area contributed by atoms with Crippen LogP contribution in [0.5, 0.6) is 0 Å².